The molecular weight excluding hydrogens is 619 g/mol. The lowest BCUT2D eigenvalue weighted by atomic mass is 9.81. The maximum atomic E-state index is 14.1. The van der Waals surface area contributed by atoms with Crippen LogP contribution in [-0.4, -0.2) is 42.1 Å². The first-order valence-electron chi connectivity index (χ1n) is 14.5. The Morgan fingerprint density at radius 2 is 1.54 bits per heavy atom. The molecule has 6 nitrogen and oxygen atoms in total. The topological polar surface area (TPSA) is 73.7 Å². The van der Waals surface area contributed by atoms with Gasteiger partial charge >= 0.3 is 18.3 Å². The van der Waals surface area contributed by atoms with Gasteiger partial charge in [-0.15, -0.1) is 0 Å². The molecule has 1 N–H and O–H groups in total. The third kappa shape index (κ3) is 7.28. The number of rotatable bonds is 7. The normalized spacial score (nSPS) is 17.6. The summed E-state index contributed by atoms with van der Waals surface area (Å²) in [6.45, 7) is 7.12. The second-order valence-corrected chi connectivity index (χ2v) is 12.4. The van der Waals surface area contributed by atoms with E-state index < -0.39 is 52.2 Å². The van der Waals surface area contributed by atoms with Crippen LogP contribution in [0.1, 0.15) is 55.9 Å². The Bertz CT molecular complexity index is 1600. The number of carboxylic acids is 1. The number of aliphatic carboxylic acids is 1. The van der Waals surface area contributed by atoms with Gasteiger partial charge in [-0.05, 0) is 92.1 Å². The number of carbonyl (C=O) groups is 2. The molecule has 2 aromatic carbocycles. The maximum absolute atomic E-state index is 14.1. The van der Waals surface area contributed by atoms with Crippen LogP contribution in [0, 0.1) is 24.6 Å². The summed E-state index contributed by atoms with van der Waals surface area (Å²) in [7, 11) is 1.35. The quantitative estimate of drug-likeness (QED) is 0.261. The molecule has 13 heteroatoms. The predicted molar refractivity (Wildman–Crippen MR) is 159 cm³/mol. The third-order valence-corrected chi connectivity index (χ3v) is 8.70. The smallest absolute Gasteiger partial charge is 0.416 e. The number of nitrogens with zero attached hydrogens (tertiary/aromatic N) is 3. The minimum absolute atomic E-state index is 0.0111. The van der Waals surface area contributed by atoms with E-state index in [1.54, 1.807) is 13.0 Å². The summed E-state index contributed by atoms with van der Waals surface area (Å²) in [6, 6.07) is 6.84. The van der Waals surface area contributed by atoms with Crippen molar-refractivity contribution >= 4 is 23.4 Å². The molecule has 2 heterocycles. The lowest BCUT2D eigenvalue weighted by molar-refractivity contribution is -0.143. The van der Waals surface area contributed by atoms with Crippen LogP contribution in [-0.2, 0) is 27.4 Å². The fourth-order valence-electron chi connectivity index (χ4n) is 5.92. The first kappa shape index (κ1) is 34.7. The van der Waals surface area contributed by atoms with Gasteiger partial charge in [-0.1, -0.05) is 13.0 Å². The zero-order valence-electron chi connectivity index (χ0n) is 25.9. The Kier molecular flexibility index (Phi) is 9.48. The highest BCUT2D eigenvalue weighted by molar-refractivity contribution is 6.03. The van der Waals surface area contributed by atoms with Crippen molar-refractivity contribution in [3.8, 4) is 11.1 Å². The van der Waals surface area contributed by atoms with Crippen molar-refractivity contribution in [3.63, 3.8) is 0 Å². The van der Waals surface area contributed by atoms with Crippen molar-refractivity contribution in [2.75, 3.05) is 29.9 Å². The van der Waals surface area contributed by atoms with Gasteiger partial charge in [0, 0.05) is 32.1 Å². The monoisotopic (exact) mass is 653 g/mol. The number of hydrogen-bond donors (Lipinski definition) is 1. The van der Waals surface area contributed by atoms with E-state index in [2.05, 4.69) is 4.98 Å². The third-order valence-electron chi connectivity index (χ3n) is 8.70. The van der Waals surface area contributed by atoms with E-state index >= 15 is 0 Å². The molecule has 1 fully saturated rings. The van der Waals surface area contributed by atoms with Crippen molar-refractivity contribution in [1.29, 1.82) is 0 Å². The second kappa shape index (κ2) is 12.6. The molecule has 2 atom stereocenters. The van der Waals surface area contributed by atoms with E-state index in [0.29, 0.717) is 54.2 Å². The predicted octanol–water partition coefficient (Wildman–Crippen LogP) is 8.11. The Labute approximate surface area is 261 Å². The van der Waals surface area contributed by atoms with Gasteiger partial charge in [0.25, 0.3) is 0 Å². The summed E-state index contributed by atoms with van der Waals surface area (Å²) >= 11 is 0. The molecule has 0 spiro atoms. The molecule has 4 rings (SSSR count). The fourth-order valence-corrected chi connectivity index (χ4v) is 5.92. The van der Waals surface area contributed by atoms with Gasteiger partial charge in [-0.2, -0.15) is 26.3 Å². The van der Waals surface area contributed by atoms with Crippen LogP contribution >= 0.6 is 0 Å². The highest BCUT2D eigenvalue weighted by Gasteiger charge is 2.41. The number of alkyl halides is 6. The Morgan fingerprint density at radius 3 is 2.07 bits per heavy atom. The van der Waals surface area contributed by atoms with Gasteiger partial charge in [0.05, 0.1) is 28.4 Å². The summed E-state index contributed by atoms with van der Waals surface area (Å²) < 4.78 is 95.8. The highest BCUT2D eigenvalue weighted by Crippen LogP contribution is 2.42. The average Bonchev–Trinajstić information content (AvgIpc) is 2.96. The molecule has 1 saturated heterocycles. The van der Waals surface area contributed by atoms with Crippen LogP contribution < -0.4 is 9.80 Å². The van der Waals surface area contributed by atoms with Crippen LogP contribution in [0.25, 0.3) is 11.1 Å². The fraction of sp³-hybridized carbons (Fsp3) is 0.424. The zero-order valence-corrected chi connectivity index (χ0v) is 25.9. The number of amides is 1. The summed E-state index contributed by atoms with van der Waals surface area (Å²) in [5.41, 5.74) is -3.71. The zero-order chi connectivity index (χ0) is 34.4. The SMILES string of the molecule is Cc1cc(F)ccc1-c1cc(N2CCC(CC(=O)O)C(C)C2)ncc1N(C)C(=O)C(C)(C)c1cc(C(F)(F)F)cc(C(F)(F)F)c1. The number of piperidine rings is 1. The minimum atomic E-state index is -5.09. The summed E-state index contributed by atoms with van der Waals surface area (Å²) in [4.78, 5) is 32.9. The summed E-state index contributed by atoms with van der Waals surface area (Å²) in [6.07, 6.45) is -8.14. The number of anilines is 2. The number of aryl methyl sites for hydroxylation is 1. The van der Waals surface area contributed by atoms with Gasteiger partial charge < -0.3 is 14.9 Å². The minimum Gasteiger partial charge on any atom is -0.481 e. The summed E-state index contributed by atoms with van der Waals surface area (Å²) in [5.74, 6) is -1.67. The Hall–Kier alpha value is -4.16. The number of carboxylic acid groups (broad SMARTS) is 1. The number of pyridine rings is 1. The van der Waals surface area contributed by atoms with Crippen LogP contribution in [0.4, 0.5) is 42.2 Å². The molecular formula is C33H34F7N3O3. The van der Waals surface area contributed by atoms with E-state index in [9.17, 15) is 45.4 Å². The molecule has 0 radical (unpaired) electrons. The first-order valence-corrected chi connectivity index (χ1v) is 14.5. The lowest BCUT2D eigenvalue weighted by Gasteiger charge is -2.37. The van der Waals surface area contributed by atoms with E-state index in [1.165, 1.54) is 45.3 Å². The van der Waals surface area contributed by atoms with Gasteiger partial charge in [0.15, 0.2) is 0 Å². The number of benzene rings is 2. The Balaban J connectivity index is 1.78. The van der Waals surface area contributed by atoms with Crippen molar-refractivity contribution in [2.24, 2.45) is 11.8 Å². The van der Waals surface area contributed by atoms with Crippen LogP contribution in [0.5, 0.6) is 0 Å². The van der Waals surface area contributed by atoms with E-state index in [0.717, 1.165) is 4.90 Å². The molecule has 46 heavy (non-hydrogen) atoms. The number of carbonyl (C=O) groups excluding carboxylic acids is 1. The molecule has 0 saturated carbocycles. The van der Waals surface area contributed by atoms with Crippen molar-refractivity contribution in [2.45, 2.75) is 58.3 Å². The van der Waals surface area contributed by atoms with Crippen molar-refractivity contribution < 1.29 is 45.4 Å². The molecule has 1 aliphatic rings. The highest BCUT2D eigenvalue weighted by atomic mass is 19.4. The molecule has 0 bridgehead atoms. The Morgan fingerprint density at radius 1 is 0.957 bits per heavy atom. The largest absolute Gasteiger partial charge is 0.481 e. The van der Waals surface area contributed by atoms with E-state index in [4.69, 9.17) is 0 Å². The molecule has 1 aliphatic heterocycles. The number of halogens is 7. The van der Waals surface area contributed by atoms with Gasteiger partial charge in [0.1, 0.15) is 11.6 Å². The first-order chi connectivity index (χ1) is 21.2. The van der Waals surface area contributed by atoms with E-state index in [-0.39, 0.29) is 30.0 Å². The molecule has 248 valence electrons. The number of aromatic nitrogens is 1. The van der Waals surface area contributed by atoms with Gasteiger partial charge in [-0.25, -0.2) is 9.37 Å². The van der Waals surface area contributed by atoms with Crippen LogP contribution in [0.3, 0.4) is 0 Å². The van der Waals surface area contributed by atoms with Crippen LogP contribution in [0.15, 0.2) is 48.7 Å². The molecule has 0 aliphatic carbocycles. The van der Waals surface area contributed by atoms with Crippen LogP contribution in [0.2, 0.25) is 0 Å². The van der Waals surface area contributed by atoms with Gasteiger partial charge in [-0.3, -0.25) is 9.59 Å². The lowest BCUT2D eigenvalue weighted by Crippen LogP contribution is -2.42. The molecule has 1 aromatic heterocycles. The molecule has 3 aromatic rings. The molecule has 1 amide bonds. The standard InChI is InChI=1S/C33H34F7N3O3/c1-18-10-24(34)6-7-25(18)26-15-28(43-9-8-20(11-29(44)45)19(2)17-43)41-16-27(26)42(5)30(46)31(3,4)21-12-22(32(35,36)37)14-23(13-21)33(38,39)40/h6-7,10,12-16,19-20H,8-9,11,17H2,1-5H3,(H,44,45). The van der Waals surface area contributed by atoms with Gasteiger partial charge in [0.2, 0.25) is 5.91 Å². The summed E-state index contributed by atoms with van der Waals surface area (Å²) in [5, 5.41) is 9.25. The average molecular weight is 654 g/mol. The van der Waals surface area contributed by atoms with Crippen molar-refractivity contribution in [3.05, 3.63) is 76.7 Å². The van der Waals surface area contributed by atoms with Crippen molar-refractivity contribution in [1.82, 2.24) is 4.98 Å². The second-order valence-electron chi connectivity index (χ2n) is 12.4. The number of likely N-dealkylation sites (N-methyl/N-ethyl adjacent to an activating group) is 1. The maximum Gasteiger partial charge on any atom is 0.416 e. The molecule has 2 unspecified atom stereocenters. The van der Waals surface area contributed by atoms with E-state index in [1.807, 2.05) is 11.8 Å². The number of hydrogen-bond acceptors (Lipinski definition) is 4.